The van der Waals surface area contributed by atoms with E-state index >= 15 is 0 Å². The molecule has 2 aromatic carbocycles. The molecule has 3 rings (SSSR count). The lowest BCUT2D eigenvalue weighted by atomic mass is 9.97. The number of benzene rings is 2. The monoisotopic (exact) mass is 258 g/mol. The van der Waals surface area contributed by atoms with Crippen LogP contribution in [0.3, 0.4) is 0 Å². The van der Waals surface area contributed by atoms with Gasteiger partial charge in [-0.3, -0.25) is 0 Å². The summed E-state index contributed by atoms with van der Waals surface area (Å²) in [6.07, 6.45) is 0. The van der Waals surface area contributed by atoms with Crippen molar-refractivity contribution in [2.24, 2.45) is 0 Å². The third kappa shape index (κ3) is 2.04. The van der Waals surface area contributed by atoms with Crippen LogP contribution in [0, 0.1) is 0 Å². The third-order valence-corrected chi connectivity index (χ3v) is 3.57. The second kappa shape index (κ2) is 4.54. The van der Waals surface area contributed by atoms with E-state index in [4.69, 9.17) is 11.6 Å². The highest BCUT2D eigenvalue weighted by molar-refractivity contribution is 6.31. The Bertz CT molecular complexity index is 554. The lowest BCUT2D eigenvalue weighted by Gasteiger charge is -2.34. The average molecular weight is 259 g/mol. The Kier molecular flexibility index (Phi) is 2.88. The van der Waals surface area contributed by atoms with E-state index in [1.54, 1.807) is 0 Å². The van der Waals surface area contributed by atoms with Gasteiger partial charge in [-0.2, -0.15) is 0 Å². The van der Waals surface area contributed by atoms with Crippen LogP contribution in [0.2, 0.25) is 5.02 Å². The maximum atomic E-state index is 6.04. The first-order chi connectivity index (χ1) is 8.74. The number of rotatable bonds is 1. The average Bonchev–Trinajstić information content (AvgIpc) is 2.39. The summed E-state index contributed by atoms with van der Waals surface area (Å²) in [4.78, 5) is 0. The molecule has 2 N–H and O–H groups in total. The van der Waals surface area contributed by atoms with Gasteiger partial charge < -0.3 is 10.6 Å². The van der Waals surface area contributed by atoms with E-state index in [1.807, 2.05) is 24.3 Å². The summed E-state index contributed by atoms with van der Waals surface area (Å²) >= 11 is 6.04. The van der Waals surface area contributed by atoms with Crippen molar-refractivity contribution >= 4 is 23.0 Å². The van der Waals surface area contributed by atoms with E-state index in [0.29, 0.717) is 6.04 Å². The largest absolute Gasteiger partial charge is 0.379 e. The molecule has 0 amide bonds. The van der Waals surface area contributed by atoms with E-state index in [-0.39, 0.29) is 6.04 Å². The summed E-state index contributed by atoms with van der Waals surface area (Å²) in [5, 5.41) is 7.83. The molecule has 3 heteroatoms. The topological polar surface area (TPSA) is 24.1 Å². The van der Waals surface area contributed by atoms with Gasteiger partial charge in [0.25, 0.3) is 0 Å². The number of anilines is 2. The Morgan fingerprint density at radius 1 is 0.944 bits per heavy atom. The molecule has 0 bridgehead atoms. The van der Waals surface area contributed by atoms with E-state index in [9.17, 15) is 0 Å². The number of hydrogen-bond acceptors (Lipinski definition) is 2. The summed E-state index contributed by atoms with van der Waals surface area (Å²) in [7, 11) is 0. The van der Waals surface area contributed by atoms with Crippen molar-refractivity contribution in [3.8, 4) is 0 Å². The molecule has 1 aliphatic heterocycles. The molecule has 0 unspecified atom stereocenters. The van der Waals surface area contributed by atoms with E-state index < -0.39 is 0 Å². The minimum Gasteiger partial charge on any atom is -0.379 e. The second-order valence-corrected chi connectivity index (χ2v) is 5.09. The molecule has 1 aliphatic rings. The molecular weight excluding hydrogens is 244 g/mol. The first-order valence-corrected chi connectivity index (χ1v) is 6.49. The number of fused-ring (bicyclic) bond motifs is 1. The minimum absolute atomic E-state index is 0.261. The predicted molar refractivity (Wildman–Crippen MR) is 77.3 cm³/mol. The fraction of sp³-hybridized carbons (Fsp3) is 0.200. The van der Waals surface area contributed by atoms with Gasteiger partial charge in [0.2, 0.25) is 0 Å². The van der Waals surface area contributed by atoms with Crippen molar-refractivity contribution in [3.63, 3.8) is 0 Å². The van der Waals surface area contributed by atoms with Crippen molar-refractivity contribution in [2.75, 3.05) is 10.6 Å². The van der Waals surface area contributed by atoms with Crippen LogP contribution in [0.25, 0.3) is 0 Å². The Morgan fingerprint density at radius 2 is 1.72 bits per heavy atom. The van der Waals surface area contributed by atoms with Crippen molar-refractivity contribution in [1.82, 2.24) is 0 Å². The first-order valence-electron chi connectivity index (χ1n) is 6.11. The standard InChI is InChI=1S/C15H15ClN2/c1-10-15(11-5-3-2-4-6-11)18-14-9-12(16)7-8-13(14)17-10/h2-10,15,17-18H,1H3/t10-,15-/m0/s1. The van der Waals surface area contributed by atoms with Gasteiger partial charge in [0, 0.05) is 11.1 Å². The maximum Gasteiger partial charge on any atom is 0.0713 e. The summed E-state index contributed by atoms with van der Waals surface area (Å²) in [6.45, 7) is 2.18. The summed E-state index contributed by atoms with van der Waals surface area (Å²) < 4.78 is 0. The quantitative estimate of drug-likeness (QED) is 0.797. The first kappa shape index (κ1) is 11.4. The van der Waals surface area contributed by atoms with Gasteiger partial charge in [-0.05, 0) is 30.7 Å². The smallest absolute Gasteiger partial charge is 0.0713 e. The zero-order valence-corrected chi connectivity index (χ0v) is 10.9. The van der Waals surface area contributed by atoms with Gasteiger partial charge in [-0.1, -0.05) is 41.9 Å². The molecule has 0 spiro atoms. The van der Waals surface area contributed by atoms with E-state index in [1.165, 1.54) is 5.56 Å². The lowest BCUT2D eigenvalue weighted by Crippen LogP contribution is -2.34. The van der Waals surface area contributed by atoms with Gasteiger partial charge in [-0.15, -0.1) is 0 Å². The molecule has 0 radical (unpaired) electrons. The van der Waals surface area contributed by atoms with Crippen LogP contribution in [0.1, 0.15) is 18.5 Å². The van der Waals surface area contributed by atoms with Gasteiger partial charge in [0.1, 0.15) is 0 Å². The van der Waals surface area contributed by atoms with Crippen LogP contribution in [0.4, 0.5) is 11.4 Å². The van der Waals surface area contributed by atoms with Crippen LogP contribution in [-0.2, 0) is 0 Å². The molecule has 0 fully saturated rings. The Labute approximate surface area is 112 Å². The van der Waals surface area contributed by atoms with Crippen LogP contribution in [0.5, 0.6) is 0 Å². The third-order valence-electron chi connectivity index (χ3n) is 3.33. The maximum absolute atomic E-state index is 6.04. The molecule has 0 aromatic heterocycles. The fourth-order valence-corrected chi connectivity index (χ4v) is 2.59. The zero-order chi connectivity index (χ0) is 12.5. The van der Waals surface area contributed by atoms with Gasteiger partial charge in [0.05, 0.1) is 17.4 Å². The molecule has 0 saturated carbocycles. The highest BCUT2D eigenvalue weighted by atomic mass is 35.5. The van der Waals surface area contributed by atoms with Gasteiger partial charge in [0.15, 0.2) is 0 Å². The molecule has 1 heterocycles. The summed E-state index contributed by atoms with van der Waals surface area (Å²) in [5.41, 5.74) is 3.46. The summed E-state index contributed by atoms with van der Waals surface area (Å²) in [5.74, 6) is 0. The van der Waals surface area contributed by atoms with E-state index in [2.05, 4.69) is 41.8 Å². The van der Waals surface area contributed by atoms with Gasteiger partial charge in [-0.25, -0.2) is 0 Å². The highest BCUT2D eigenvalue weighted by Crippen LogP contribution is 2.36. The predicted octanol–water partition coefficient (Wildman–Crippen LogP) is 4.31. The van der Waals surface area contributed by atoms with Crippen molar-refractivity contribution in [2.45, 2.75) is 19.0 Å². The SMILES string of the molecule is C[C@@H]1Nc2ccc(Cl)cc2N[C@@H]1c1ccccc1. The molecular formula is C15H15ClN2. The van der Waals surface area contributed by atoms with E-state index in [0.717, 1.165) is 16.4 Å². The van der Waals surface area contributed by atoms with Crippen molar-refractivity contribution in [3.05, 3.63) is 59.1 Å². The van der Waals surface area contributed by atoms with Crippen molar-refractivity contribution in [1.29, 1.82) is 0 Å². The molecule has 2 nitrogen and oxygen atoms in total. The normalized spacial score (nSPS) is 21.7. The highest BCUT2D eigenvalue weighted by Gasteiger charge is 2.25. The summed E-state index contributed by atoms with van der Waals surface area (Å²) in [6, 6.07) is 16.9. The number of hydrogen-bond donors (Lipinski definition) is 2. The van der Waals surface area contributed by atoms with Crippen LogP contribution in [-0.4, -0.2) is 6.04 Å². The fourth-order valence-electron chi connectivity index (χ4n) is 2.42. The second-order valence-electron chi connectivity index (χ2n) is 4.66. The van der Waals surface area contributed by atoms with Crippen LogP contribution in [0.15, 0.2) is 48.5 Å². The minimum atomic E-state index is 0.261. The van der Waals surface area contributed by atoms with Crippen LogP contribution < -0.4 is 10.6 Å². The number of halogens is 1. The molecule has 0 saturated heterocycles. The zero-order valence-electron chi connectivity index (χ0n) is 10.2. The van der Waals surface area contributed by atoms with Crippen molar-refractivity contribution < 1.29 is 0 Å². The van der Waals surface area contributed by atoms with Gasteiger partial charge >= 0.3 is 0 Å². The molecule has 18 heavy (non-hydrogen) atoms. The molecule has 2 atom stereocenters. The molecule has 0 aliphatic carbocycles. The lowest BCUT2D eigenvalue weighted by molar-refractivity contribution is 0.650. The molecule has 2 aromatic rings. The Morgan fingerprint density at radius 3 is 2.50 bits per heavy atom. The van der Waals surface area contributed by atoms with Crippen LogP contribution >= 0.6 is 11.6 Å². The Balaban J connectivity index is 1.96. The number of nitrogens with one attached hydrogen (secondary N) is 2. The molecule has 92 valence electrons. The Hall–Kier alpha value is -1.67.